The molecule has 2 aromatic carbocycles. The SMILES string of the molecule is COc1ccccc1-c1c(C(=O)C(C)(C)C)c(O)c(O)n1-c1ccc(-c2ncc[nH]2)cc1. The van der Waals surface area contributed by atoms with Gasteiger partial charge in [0.05, 0.1) is 18.4 Å². The minimum atomic E-state index is -0.782. The van der Waals surface area contributed by atoms with Crippen LogP contribution in [0.25, 0.3) is 28.3 Å². The van der Waals surface area contributed by atoms with Crippen LogP contribution in [-0.4, -0.2) is 37.6 Å². The van der Waals surface area contributed by atoms with Crippen molar-refractivity contribution in [2.45, 2.75) is 20.8 Å². The van der Waals surface area contributed by atoms with Crippen LogP contribution in [0.15, 0.2) is 60.9 Å². The minimum absolute atomic E-state index is 0.0506. The second kappa shape index (κ2) is 7.92. The molecule has 7 nitrogen and oxygen atoms in total. The van der Waals surface area contributed by atoms with E-state index in [9.17, 15) is 15.0 Å². The molecule has 4 rings (SSSR count). The summed E-state index contributed by atoms with van der Waals surface area (Å²) in [6, 6.07) is 14.5. The van der Waals surface area contributed by atoms with E-state index in [2.05, 4.69) is 9.97 Å². The average Bonchev–Trinajstić information content (AvgIpc) is 3.40. The number of nitrogens with one attached hydrogen (secondary N) is 1. The zero-order chi connectivity index (χ0) is 23.0. The number of aromatic amines is 1. The lowest BCUT2D eigenvalue weighted by molar-refractivity contribution is 0.0856. The maximum Gasteiger partial charge on any atom is 0.240 e. The third kappa shape index (κ3) is 3.51. The van der Waals surface area contributed by atoms with Gasteiger partial charge in [-0.05, 0) is 36.4 Å². The number of imidazole rings is 1. The van der Waals surface area contributed by atoms with Crippen molar-refractivity contribution >= 4 is 5.78 Å². The molecule has 164 valence electrons. The summed E-state index contributed by atoms with van der Waals surface area (Å²) >= 11 is 0. The quantitative estimate of drug-likeness (QED) is 0.378. The number of methoxy groups -OCH3 is 1. The topological polar surface area (TPSA) is 100 Å². The third-order valence-electron chi connectivity index (χ3n) is 5.29. The highest BCUT2D eigenvalue weighted by atomic mass is 16.5. The number of H-pyrrole nitrogens is 1. The number of benzene rings is 2. The van der Waals surface area contributed by atoms with Crippen molar-refractivity contribution in [1.29, 1.82) is 0 Å². The first-order valence-corrected chi connectivity index (χ1v) is 10.2. The van der Waals surface area contributed by atoms with Crippen LogP contribution in [-0.2, 0) is 0 Å². The fourth-order valence-corrected chi connectivity index (χ4v) is 3.68. The van der Waals surface area contributed by atoms with Gasteiger partial charge in [0.2, 0.25) is 5.88 Å². The predicted molar refractivity (Wildman–Crippen MR) is 122 cm³/mol. The van der Waals surface area contributed by atoms with E-state index in [4.69, 9.17) is 4.74 Å². The maximum absolute atomic E-state index is 13.3. The normalized spacial score (nSPS) is 11.5. The van der Waals surface area contributed by atoms with Gasteiger partial charge in [-0.1, -0.05) is 32.9 Å². The van der Waals surface area contributed by atoms with Gasteiger partial charge in [-0.3, -0.25) is 9.36 Å². The van der Waals surface area contributed by atoms with E-state index < -0.39 is 17.0 Å². The van der Waals surface area contributed by atoms with Gasteiger partial charge in [-0.25, -0.2) is 4.98 Å². The summed E-state index contributed by atoms with van der Waals surface area (Å²) in [4.78, 5) is 20.7. The number of ether oxygens (including phenoxy) is 1. The molecule has 0 atom stereocenters. The van der Waals surface area contributed by atoms with Crippen molar-refractivity contribution in [3.8, 4) is 45.7 Å². The van der Waals surface area contributed by atoms with Crippen molar-refractivity contribution < 1.29 is 19.7 Å². The fourth-order valence-electron chi connectivity index (χ4n) is 3.68. The number of aromatic nitrogens is 3. The minimum Gasteiger partial charge on any atom is -0.503 e. The largest absolute Gasteiger partial charge is 0.503 e. The van der Waals surface area contributed by atoms with E-state index in [0.717, 1.165) is 5.56 Å². The van der Waals surface area contributed by atoms with E-state index in [1.54, 1.807) is 57.4 Å². The van der Waals surface area contributed by atoms with Crippen LogP contribution in [0.2, 0.25) is 0 Å². The number of carbonyl (C=O) groups is 1. The van der Waals surface area contributed by atoms with Crippen LogP contribution in [0.5, 0.6) is 17.4 Å². The average molecular weight is 431 g/mol. The molecule has 32 heavy (non-hydrogen) atoms. The summed E-state index contributed by atoms with van der Waals surface area (Å²) in [5, 5.41) is 21.8. The van der Waals surface area contributed by atoms with Crippen molar-refractivity contribution in [2.75, 3.05) is 7.11 Å². The Labute approximate surface area is 186 Å². The molecule has 2 heterocycles. The number of nitrogens with zero attached hydrogens (tertiary/aromatic N) is 2. The number of rotatable bonds is 5. The van der Waals surface area contributed by atoms with Gasteiger partial charge in [-0.15, -0.1) is 0 Å². The number of hydrogen-bond donors (Lipinski definition) is 3. The van der Waals surface area contributed by atoms with Crippen LogP contribution in [0.4, 0.5) is 0 Å². The van der Waals surface area contributed by atoms with Gasteiger partial charge in [-0.2, -0.15) is 0 Å². The fraction of sp³-hybridized carbons (Fsp3) is 0.200. The number of para-hydroxylation sites is 1. The Bertz CT molecular complexity index is 1260. The molecular formula is C25H25N3O4. The molecule has 0 aliphatic heterocycles. The van der Waals surface area contributed by atoms with Gasteiger partial charge >= 0.3 is 0 Å². The Kier molecular flexibility index (Phi) is 5.26. The maximum atomic E-state index is 13.3. The summed E-state index contributed by atoms with van der Waals surface area (Å²) in [6.07, 6.45) is 3.41. The van der Waals surface area contributed by atoms with Gasteiger partial charge in [0, 0.05) is 34.6 Å². The van der Waals surface area contributed by atoms with Crippen LogP contribution in [0, 0.1) is 5.41 Å². The molecule has 3 N–H and O–H groups in total. The molecule has 0 bridgehead atoms. The third-order valence-corrected chi connectivity index (χ3v) is 5.29. The highest BCUT2D eigenvalue weighted by Gasteiger charge is 2.35. The number of ketones is 1. The van der Waals surface area contributed by atoms with Crippen molar-refractivity contribution in [1.82, 2.24) is 14.5 Å². The van der Waals surface area contributed by atoms with Crippen molar-refractivity contribution in [3.63, 3.8) is 0 Å². The van der Waals surface area contributed by atoms with E-state index in [-0.39, 0.29) is 11.3 Å². The molecule has 0 spiro atoms. The molecule has 0 saturated heterocycles. The molecule has 0 unspecified atom stereocenters. The molecule has 0 aliphatic rings. The second-order valence-electron chi connectivity index (χ2n) is 8.50. The molecular weight excluding hydrogens is 406 g/mol. The predicted octanol–water partition coefficient (Wildman–Crippen LogP) is 5.18. The van der Waals surface area contributed by atoms with Gasteiger partial charge in [0.15, 0.2) is 11.5 Å². The number of Topliss-reactive ketones (excluding diaryl/α,β-unsaturated/α-hetero) is 1. The Balaban J connectivity index is 2.00. The molecule has 0 aliphatic carbocycles. The number of carbonyl (C=O) groups excluding carboxylic acids is 1. The molecule has 2 aromatic heterocycles. The number of hydrogen-bond acceptors (Lipinski definition) is 5. The van der Waals surface area contributed by atoms with E-state index >= 15 is 0 Å². The van der Waals surface area contributed by atoms with E-state index in [0.29, 0.717) is 28.5 Å². The first-order chi connectivity index (χ1) is 15.2. The first kappa shape index (κ1) is 21.2. The lowest BCUT2D eigenvalue weighted by Crippen LogP contribution is -2.21. The van der Waals surface area contributed by atoms with Gasteiger partial charge in [0.25, 0.3) is 0 Å². The Hall–Kier alpha value is -4.00. The second-order valence-corrected chi connectivity index (χ2v) is 8.50. The summed E-state index contributed by atoms with van der Waals surface area (Å²) < 4.78 is 7.00. The molecule has 0 radical (unpaired) electrons. The number of aromatic hydroxyl groups is 2. The highest BCUT2D eigenvalue weighted by Crippen LogP contribution is 2.47. The van der Waals surface area contributed by atoms with Crippen molar-refractivity contribution in [3.05, 3.63) is 66.5 Å². The summed E-state index contributed by atoms with van der Waals surface area (Å²) in [6.45, 7) is 5.31. The molecule has 0 fully saturated rings. The van der Waals surface area contributed by atoms with E-state index in [1.807, 2.05) is 24.3 Å². The monoisotopic (exact) mass is 431 g/mol. The Morgan fingerprint density at radius 2 is 1.75 bits per heavy atom. The van der Waals surface area contributed by atoms with Gasteiger partial charge in [0.1, 0.15) is 11.6 Å². The van der Waals surface area contributed by atoms with Crippen molar-refractivity contribution in [2.24, 2.45) is 5.41 Å². The Morgan fingerprint density at radius 1 is 1.06 bits per heavy atom. The summed E-state index contributed by atoms with van der Waals surface area (Å²) in [7, 11) is 1.54. The summed E-state index contributed by atoms with van der Waals surface area (Å²) in [5.41, 5.74) is 1.64. The standard InChI is InChI=1S/C25H25N3O4/c1-25(2,3)22(30)19-20(17-7-5-6-8-18(17)32-4)28(24(31)21(19)29)16-11-9-15(10-12-16)23-26-13-14-27-23/h5-14,29,31H,1-4H3,(H,26,27). The molecule has 7 heteroatoms. The van der Waals surface area contributed by atoms with Crippen LogP contribution < -0.4 is 4.74 Å². The zero-order valence-electron chi connectivity index (χ0n) is 18.4. The Morgan fingerprint density at radius 3 is 2.34 bits per heavy atom. The molecule has 4 aromatic rings. The van der Waals surface area contributed by atoms with E-state index in [1.165, 1.54) is 11.7 Å². The lowest BCUT2D eigenvalue weighted by atomic mass is 9.85. The first-order valence-electron chi connectivity index (χ1n) is 10.2. The van der Waals surface area contributed by atoms with Crippen LogP contribution in [0.1, 0.15) is 31.1 Å². The lowest BCUT2D eigenvalue weighted by Gasteiger charge is -2.19. The molecule has 0 amide bonds. The highest BCUT2D eigenvalue weighted by molar-refractivity contribution is 6.08. The smallest absolute Gasteiger partial charge is 0.240 e. The zero-order valence-corrected chi connectivity index (χ0v) is 18.4. The van der Waals surface area contributed by atoms with Gasteiger partial charge < -0.3 is 19.9 Å². The van der Waals surface area contributed by atoms with Crippen LogP contribution >= 0.6 is 0 Å². The molecule has 0 saturated carbocycles. The summed E-state index contributed by atoms with van der Waals surface area (Å²) in [5.74, 6) is 0.0634. The van der Waals surface area contributed by atoms with Crippen LogP contribution in [0.3, 0.4) is 0 Å².